The summed E-state index contributed by atoms with van der Waals surface area (Å²) in [5.74, 6) is 2.94. The summed E-state index contributed by atoms with van der Waals surface area (Å²) in [6.07, 6.45) is 6.96. The summed E-state index contributed by atoms with van der Waals surface area (Å²) in [5, 5.41) is 32.6. The maximum atomic E-state index is 13.3. The predicted octanol–water partition coefficient (Wildman–Crippen LogP) is 5.23. The van der Waals surface area contributed by atoms with Crippen LogP contribution in [0.25, 0.3) is 0 Å². The van der Waals surface area contributed by atoms with Gasteiger partial charge in [0.05, 0.1) is 18.3 Å². The molecule has 0 aromatic heterocycles. The van der Waals surface area contributed by atoms with Crippen molar-refractivity contribution in [2.45, 2.75) is 118 Å². The van der Waals surface area contributed by atoms with E-state index in [1.807, 2.05) is 0 Å². The average molecular weight is 463 g/mol. The van der Waals surface area contributed by atoms with Crippen LogP contribution in [0.15, 0.2) is 0 Å². The third kappa shape index (κ3) is 4.04. The van der Waals surface area contributed by atoms with Crippen LogP contribution in [0, 0.1) is 58.2 Å². The lowest BCUT2D eigenvalue weighted by molar-refractivity contribution is -0.161. The highest BCUT2D eigenvalue weighted by Crippen LogP contribution is 2.67. The first kappa shape index (κ1) is 25.6. The van der Waals surface area contributed by atoms with Crippen molar-refractivity contribution in [2.75, 3.05) is 0 Å². The lowest BCUT2D eigenvalue weighted by Gasteiger charge is -2.60. The third-order valence-electron chi connectivity index (χ3n) is 11.8. The first-order valence-electron chi connectivity index (χ1n) is 14.0. The first-order valence-corrected chi connectivity index (χ1v) is 14.0. The van der Waals surface area contributed by atoms with Crippen LogP contribution in [0.4, 0.5) is 0 Å². The molecule has 0 aromatic rings. The van der Waals surface area contributed by atoms with E-state index in [1.165, 1.54) is 6.42 Å². The first-order chi connectivity index (χ1) is 15.5. The topological polar surface area (TPSA) is 77.8 Å². The molecule has 4 fully saturated rings. The summed E-state index contributed by atoms with van der Waals surface area (Å²) in [6, 6.07) is 0. The number of carbonyl (C=O) groups is 1. The molecule has 4 heteroatoms. The van der Waals surface area contributed by atoms with E-state index in [0.717, 1.165) is 38.5 Å². The molecule has 0 amide bonds. The van der Waals surface area contributed by atoms with E-state index in [4.69, 9.17) is 0 Å². The Morgan fingerprint density at radius 1 is 0.939 bits per heavy atom. The van der Waals surface area contributed by atoms with Crippen LogP contribution in [0.2, 0.25) is 0 Å². The lowest BCUT2D eigenvalue weighted by Crippen LogP contribution is -2.57. The Bertz CT molecular complexity index is 720. The van der Waals surface area contributed by atoms with Crippen molar-refractivity contribution in [2.24, 2.45) is 58.2 Å². The van der Waals surface area contributed by atoms with Crippen molar-refractivity contribution in [3.63, 3.8) is 0 Å². The van der Waals surface area contributed by atoms with Crippen LogP contribution in [-0.4, -0.2) is 39.4 Å². The smallest absolute Gasteiger partial charge is 0.136 e. The van der Waals surface area contributed by atoms with Gasteiger partial charge >= 0.3 is 0 Å². The second kappa shape index (κ2) is 9.21. The SMILES string of the molecule is CC[C@@H](C(C)C)[C@@H](O)[C@H](O)[C@@H](C)[C@H]1CC[C@@H]2[C@H]3CC(=O)[C@H]4C[C@H](O)CC[C@]4(C)[C@H]3CC[C@]12C. The van der Waals surface area contributed by atoms with Crippen molar-refractivity contribution in [1.29, 1.82) is 0 Å². The number of ketones is 1. The molecule has 0 aromatic carbocycles. The Hall–Kier alpha value is -0.450. The fourth-order valence-corrected chi connectivity index (χ4v) is 9.83. The maximum Gasteiger partial charge on any atom is 0.136 e. The Morgan fingerprint density at radius 2 is 1.58 bits per heavy atom. The summed E-state index contributed by atoms with van der Waals surface area (Å²) in [5.41, 5.74) is 0.185. The van der Waals surface area contributed by atoms with Gasteiger partial charge in [0.1, 0.15) is 5.78 Å². The standard InChI is InChI=1S/C29H50O4/c1-7-19(16(2)3)27(33)26(32)17(4)21-8-9-22-20-15-25(31)24-14-18(30)10-12-29(24,6)23(20)11-13-28(21,22)5/h16-24,26-27,30,32-33H,7-15H2,1-6H3/t17-,18+,19-,20+,21+,22+,23-,24+,26+,27+,28+,29+/m0/s1. The van der Waals surface area contributed by atoms with Crippen molar-refractivity contribution in [3.05, 3.63) is 0 Å². The van der Waals surface area contributed by atoms with Crippen LogP contribution in [-0.2, 0) is 4.79 Å². The number of aliphatic hydroxyl groups is 3. The third-order valence-corrected chi connectivity index (χ3v) is 11.8. The number of aliphatic hydroxyl groups excluding tert-OH is 3. The van der Waals surface area contributed by atoms with Gasteiger partial charge in [0.15, 0.2) is 0 Å². The molecule has 190 valence electrons. The van der Waals surface area contributed by atoms with Gasteiger partial charge in [0.25, 0.3) is 0 Å². The molecule has 0 saturated heterocycles. The van der Waals surface area contributed by atoms with Crippen LogP contribution in [0.1, 0.15) is 99.3 Å². The van der Waals surface area contributed by atoms with E-state index in [-0.39, 0.29) is 34.7 Å². The molecular formula is C29H50O4. The normalized spacial score (nSPS) is 46.8. The number of Topliss-reactive ketones (excluding diaryl/α,β-unsaturated/α-hetero) is 1. The van der Waals surface area contributed by atoms with Gasteiger partial charge in [0.2, 0.25) is 0 Å². The minimum absolute atomic E-state index is 0.0435. The molecule has 0 spiro atoms. The maximum absolute atomic E-state index is 13.3. The summed E-state index contributed by atoms with van der Waals surface area (Å²) < 4.78 is 0. The summed E-state index contributed by atoms with van der Waals surface area (Å²) >= 11 is 0. The zero-order chi connectivity index (χ0) is 24.3. The van der Waals surface area contributed by atoms with Crippen LogP contribution >= 0.6 is 0 Å². The molecule has 0 aliphatic heterocycles. The summed E-state index contributed by atoms with van der Waals surface area (Å²) in [6.45, 7) is 13.3. The monoisotopic (exact) mass is 462 g/mol. The molecule has 4 rings (SSSR count). The molecule has 4 nitrogen and oxygen atoms in total. The quantitative estimate of drug-likeness (QED) is 0.505. The number of rotatable bonds is 6. The number of carbonyl (C=O) groups excluding carboxylic acids is 1. The van der Waals surface area contributed by atoms with E-state index >= 15 is 0 Å². The molecule has 3 N–H and O–H groups in total. The zero-order valence-electron chi connectivity index (χ0n) is 22.0. The fraction of sp³-hybridized carbons (Fsp3) is 0.966. The molecule has 0 radical (unpaired) electrons. The van der Waals surface area contributed by atoms with E-state index in [0.29, 0.717) is 48.2 Å². The van der Waals surface area contributed by atoms with Gasteiger partial charge in [-0.25, -0.2) is 0 Å². The minimum Gasteiger partial charge on any atom is -0.393 e. The fourth-order valence-electron chi connectivity index (χ4n) is 9.83. The molecule has 12 atom stereocenters. The molecule has 4 aliphatic rings. The molecule has 0 heterocycles. The van der Waals surface area contributed by atoms with Gasteiger partial charge in [-0.1, -0.05) is 48.0 Å². The number of hydrogen-bond donors (Lipinski definition) is 3. The Labute approximate surface area is 201 Å². The van der Waals surface area contributed by atoms with E-state index in [1.54, 1.807) is 0 Å². The van der Waals surface area contributed by atoms with E-state index in [2.05, 4.69) is 41.5 Å². The molecule has 4 aliphatic carbocycles. The van der Waals surface area contributed by atoms with Crippen molar-refractivity contribution >= 4 is 5.78 Å². The highest BCUT2D eigenvalue weighted by atomic mass is 16.3. The van der Waals surface area contributed by atoms with E-state index < -0.39 is 12.2 Å². The van der Waals surface area contributed by atoms with Gasteiger partial charge in [-0.3, -0.25) is 4.79 Å². The van der Waals surface area contributed by atoms with Gasteiger partial charge < -0.3 is 15.3 Å². The van der Waals surface area contributed by atoms with Crippen LogP contribution < -0.4 is 0 Å². The van der Waals surface area contributed by atoms with E-state index in [9.17, 15) is 20.1 Å². The number of hydrogen-bond acceptors (Lipinski definition) is 4. The van der Waals surface area contributed by atoms with Gasteiger partial charge in [0, 0.05) is 12.3 Å². The van der Waals surface area contributed by atoms with Crippen LogP contribution in [0.5, 0.6) is 0 Å². The summed E-state index contributed by atoms with van der Waals surface area (Å²) in [4.78, 5) is 13.3. The predicted molar refractivity (Wildman–Crippen MR) is 131 cm³/mol. The number of fused-ring (bicyclic) bond motifs is 5. The molecule has 4 saturated carbocycles. The van der Waals surface area contributed by atoms with Crippen molar-refractivity contribution in [1.82, 2.24) is 0 Å². The summed E-state index contributed by atoms with van der Waals surface area (Å²) in [7, 11) is 0. The highest BCUT2D eigenvalue weighted by Gasteiger charge is 2.63. The van der Waals surface area contributed by atoms with Gasteiger partial charge in [-0.15, -0.1) is 0 Å². The van der Waals surface area contributed by atoms with Crippen molar-refractivity contribution < 1.29 is 20.1 Å². The average Bonchev–Trinajstić information content (AvgIpc) is 3.11. The molecular weight excluding hydrogens is 412 g/mol. The Kier molecular flexibility index (Phi) is 7.15. The van der Waals surface area contributed by atoms with Crippen molar-refractivity contribution in [3.8, 4) is 0 Å². The molecule has 33 heavy (non-hydrogen) atoms. The molecule has 0 unspecified atom stereocenters. The second-order valence-corrected chi connectivity index (χ2v) is 13.4. The zero-order valence-corrected chi connectivity index (χ0v) is 22.0. The van der Waals surface area contributed by atoms with Gasteiger partial charge in [-0.05, 0) is 97.2 Å². The highest BCUT2D eigenvalue weighted by molar-refractivity contribution is 5.83. The second-order valence-electron chi connectivity index (χ2n) is 13.4. The minimum atomic E-state index is -0.689. The van der Waals surface area contributed by atoms with Gasteiger partial charge in [-0.2, -0.15) is 0 Å². The molecule has 0 bridgehead atoms. The Morgan fingerprint density at radius 3 is 2.21 bits per heavy atom. The largest absolute Gasteiger partial charge is 0.393 e. The van der Waals surface area contributed by atoms with Crippen LogP contribution in [0.3, 0.4) is 0 Å². The Balaban J connectivity index is 1.54. The lowest BCUT2D eigenvalue weighted by atomic mass is 9.44.